The number of phenolic OH excluding ortho intramolecular Hbond substituents is 1. The summed E-state index contributed by atoms with van der Waals surface area (Å²) in [4.78, 5) is 8.56. The van der Waals surface area contributed by atoms with E-state index < -0.39 is 0 Å². The van der Waals surface area contributed by atoms with E-state index in [9.17, 15) is 5.11 Å². The summed E-state index contributed by atoms with van der Waals surface area (Å²) in [5.41, 5.74) is 10.7. The number of nitrogens with zero attached hydrogens (tertiary/aromatic N) is 3. The lowest BCUT2D eigenvalue weighted by molar-refractivity contribution is 0.299. The van der Waals surface area contributed by atoms with Crippen LogP contribution in [0.4, 0.5) is 5.82 Å². The molecule has 0 amide bonds. The molecule has 6 nitrogen and oxygen atoms in total. The highest BCUT2D eigenvalue weighted by Crippen LogP contribution is 2.34. The smallest absolute Gasteiger partial charge is 0.150 e. The first-order chi connectivity index (χ1) is 12.7. The van der Waals surface area contributed by atoms with Crippen LogP contribution < -0.4 is 5.73 Å². The average molecular weight is 346 g/mol. The zero-order valence-electron chi connectivity index (χ0n) is 14.0. The van der Waals surface area contributed by atoms with Gasteiger partial charge in [0.2, 0.25) is 0 Å². The molecule has 2 heterocycles. The minimum Gasteiger partial charge on any atom is -0.508 e. The molecule has 0 aliphatic rings. The van der Waals surface area contributed by atoms with Gasteiger partial charge in [-0.05, 0) is 41.8 Å². The molecule has 0 fully saturated rings. The molecule has 6 heteroatoms. The van der Waals surface area contributed by atoms with Crippen LogP contribution >= 0.6 is 0 Å². The van der Waals surface area contributed by atoms with Crippen LogP contribution in [0.15, 0.2) is 61.1 Å². The van der Waals surface area contributed by atoms with Crippen LogP contribution in [-0.4, -0.2) is 31.4 Å². The second kappa shape index (κ2) is 6.50. The van der Waals surface area contributed by atoms with Crippen molar-refractivity contribution in [1.29, 1.82) is 0 Å². The summed E-state index contributed by atoms with van der Waals surface area (Å²) in [5, 5.41) is 19.4. The lowest BCUT2D eigenvalue weighted by Gasteiger charge is -2.06. The molecule has 26 heavy (non-hydrogen) atoms. The molecule has 4 N–H and O–H groups in total. The van der Waals surface area contributed by atoms with Crippen LogP contribution in [0.5, 0.6) is 5.75 Å². The van der Waals surface area contributed by atoms with Gasteiger partial charge < -0.3 is 20.5 Å². The first-order valence-corrected chi connectivity index (χ1v) is 8.28. The highest BCUT2D eigenvalue weighted by atomic mass is 16.3. The van der Waals surface area contributed by atoms with Crippen LogP contribution in [0.2, 0.25) is 0 Å². The summed E-state index contributed by atoms with van der Waals surface area (Å²) < 4.78 is 1.97. The molecule has 130 valence electrons. The van der Waals surface area contributed by atoms with E-state index in [1.807, 2.05) is 47.2 Å². The number of fused-ring (bicyclic) bond motifs is 1. The fraction of sp³-hybridized carbons (Fsp3) is 0.100. The summed E-state index contributed by atoms with van der Waals surface area (Å²) in [6.45, 7) is 0.126. The number of nitrogen functional groups attached to an aromatic ring is 1. The van der Waals surface area contributed by atoms with Gasteiger partial charge in [0.15, 0.2) is 5.65 Å². The van der Waals surface area contributed by atoms with Crippen molar-refractivity contribution >= 4 is 16.9 Å². The van der Waals surface area contributed by atoms with Crippen molar-refractivity contribution in [3.05, 3.63) is 66.6 Å². The van der Waals surface area contributed by atoms with E-state index in [0.29, 0.717) is 12.2 Å². The Morgan fingerprint density at radius 2 is 1.69 bits per heavy atom. The van der Waals surface area contributed by atoms with E-state index in [1.165, 1.54) is 6.33 Å². The largest absolute Gasteiger partial charge is 0.508 e. The van der Waals surface area contributed by atoms with Gasteiger partial charge in [0.25, 0.3) is 0 Å². The second-order valence-corrected chi connectivity index (χ2v) is 6.06. The number of benzene rings is 2. The molecule has 0 saturated carbocycles. The Labute approximate surface area is 150 Å². The van der Waals surface area contributed by atoms with Gasteiger partial charge in [0, 0.05) is 24.1 Å². The number of aromatic hydroxyl groups is 1. The first kappa shape index (κ1) is 16.1. The highest BCUT2D eigenvalue weighted by molar-refractivity contribution is 6.01. The van der Waals surface area contributed by atoms with E-state index in [-0.39, 0.29) is 12.4 Å². The first-order valence-electron chi connectivity index (χ1n) is 8.28. The van der Waals surface area contributed by atoms with Gasteiger partial charge in [0.05, 0.1) is 5.39 Å². The Balaban J connectivity index is 1.90. The van der Waals surface area contributed by atoms with Gasteiger partial charge in [-0.15, -0.1) is 0 Å². The zero-order chi connectivity index (χ0) is 18.1. The summed E-state index contributed by atoms with van der Waals surface area (Å²) in [6.07, 6.45) is 4.05. The Bertz CT molecular complexity index is 1050. The number of hydrogen-bond donors (Lipinski definition) is 3. The normalized spacial score (nSPS) is 11.1. The minimum absolute atomic E-state index is 0.126. The number of hydrogen-bond acceptors (Lipinski definition) is 5. The van der Waals surface area contributed by atoms with Crippen molar-refractivity contribution in [1.82, 2.24) is 14.5 Å². The Morgan fingerprint density at radius 1 is 0.962 bits per heavy atom. The quantitative estimate of drug-likeness (QED) is 0.528. The average Bonchev–Trinajstić information content (AvgIpc) is 3.04. The molecule has 2 aromatic carbocycles. The topological polar surface area (TPSA) is 97.2 Å². The van der Waals surface area contributed by atoms with Crippen molar-refractivity contribution in [2.75, 3.05) is 12.3 Å². The third-order valence-corrected chi connectivity index (χ3v) is 4.41. The molecular weight excluding hydrogens is 328 g/mol. The molecule has 2 aromatic heterocycles. The fourth-order valence-electron chi connectivity index (χ4n) is 3.09. The monoisotopic (exact) mass is 346 g/mol. The van der Waals surface area contributed by atoms with E-state index in [1.54, 1.807) is 12.1 Å². The molecule has 0 aliphatic carbocycles. The predicted molar refractivity (Wildman–Crippen MR) is 101 cm³/mol. The second-order valence-electron chi connectivity index (χ2n) is 6.06. The van der Waals surface area contributed by atoms with Gasteiger partial charge in [-0.3, -0.25) is 0 Å². The highest BCUT2D eigenvalue weighted by Gasteiger charge is 2.16. The van der Waals surface area contributed by atoms with Gasteiger partial charge >= 0.3 is 0 Å². The summed E-state index contributed by atoms with van der Waals surface area (Å²) >= 11 is 0. The minimum atomic E-state index is 0.126. The number of rotatable bonds is 4. The molecule has 0 atom stereocenters. The standard InChI is InChI=1S/C20H18N4O2/c21-19-18-17(14-3-7-16(26)8-4-14)11-24(20(18)23-12-22-19)15-5-1-13(2-6-15)9-10-25/h1-8,11-12,25-26H,9-10H2,(H2,21,22,23). The van der Waals surface area contributed by atoms with Crippen molar-refractivity contribution in [2.24, 2.45) is 0 Å². The van der Waals surface area contributed by atoms with E-state index in [2.05, 4.69) is 9.97 Å². The van der Waals surface area contributed by atoms with Crippen molar-refractivity contribution < 1.29 is 10.2 Å². The number of aliphatic hydroxyl groups is 1. The molecule has 4 aromatic rings. The third-order valence-electron chi connectivity index (χ3n) is 4.41. The molecule has 0 bridgehead atoms. The van der Waals surface area contributed by atoms with Crippen LogP contribution in [0.1, 0.15) is 5.56 Å². The maximum Gasteiger partial charge on any atom is 0.150 e. The van der Waals surface area contributed by atoms with Crippen LogP contribution in [-0.2, 0) is 6.42 Å². The number of aliphatic hydroxyl groups excluding tert-OH is 1. The van der Waals surface area contributed by atoms with Gasteiger partial charge in [-0.1, -0.05) is 24.3 Å². The molecular formula is C20H18N4O2. The molecule has 0 radical (unpaired) electrons. The number of phenols is 1. The molecule has 0 saturated heterocycles. The Morgan fingerprint density at radius 3 is 2.38 bits per heavy atom. The summed E-state index contributed by atoms with van der Waals surface area (Å²) in [6, 6.07) is 14.9. The van der Waals surface area contributed by atoms with E-state index in [4.69, 9.17) is 10.8 Å². The maximum absolute atomic E-state index is 9.55. The van der Waals surface area contributed by atoms with Crippen molar-refractivity contribution in [2.45, 2.75) is 6.42 Å². The lowest BCUT2D eigenvalue weighted by Crippen LogP contribution is -1.97. The summed E-state index contributed by atoms with van der Waals surface area (Å²) in [5.74, 6) is 0.620. The van der Waals surface area contributed by atoms with Crippen molar-refractivity contribution in [3.63, 3.8) is 0 Å². The SMILES string of the molecule is Nc1ncnc2c1c(-c1ccc(O)cc1)cn2-c1ccc(CCO)cc1. The van der Waals surface area contributed by atoms with Gasteiger partial charge in [-0.25, -0.2) is 9.97 Å². The fourth-order valence-corrected chi connectivity index (χ4v) is 3.09. The zero-order valence-corrected chi connectivity index (χ0v) is 14.0. The van der Waals surface area contributed by atoms with Gasteiger partial charge in [0.1, 0.15) is 17.9 Å². The number of aromatic nitrogens is 3. The molecule has 0 spiro atoms. The maximum atomic E-state index is 9.55. The predicted octanol–water partition coefficient (Wildman–Crippen LogP) is 2.91. The van der Waals surface area contributed by atoms with Crippen LogP contribution in [0.25, 0.3) is 27.8 Å². The third kappa shape index (κ3) is 2.76. The van der Waals surface area contributed by atoms with E-state index >= 15 is 0 Å². The lowest BCUT2D eigenvalue weighted by atomic mass is 10.1. The summed E-state index contributed by atoms with van der Waals surface area (Å²) in [7, 11) is 0. The molecule has 0 unspecified atom stereocenters. The van der Waals surface area contributed by atoms with Crippen LogP contribution in [0.3, 0.4) is 0 Å². The molecule has 4 rings (SSSR count). The Hall–Kier alpha value is -3.38. The molecule has 0 aliphatic heterocycles. The van der Waals surface area contributed by atoms with E-state index in [0.717, 1.165) is 33.4 Å². The van der Waals surface area contributed by atoms with Crippen LogP contribution in [0, 0.1) is 0 Å². The van der Waals surface area contributed by atoms with Gasteiger partial charge in [-0.2, -0.15) is 0 Å². The van der Waals surface area contributed by atoms with Crippen molar-refractivity contribution in [3.8, 4) is 22.6 Å². The Kier molecular flexibility index (Phi) is 4.02. The number of anilines is 1. The number of nitrogens with two attached hydrogens (primary N) is 1.